The Bertz CT molecular complexity index is 743. The molecule has 0 aliphatic carbocycles. The summed E-state index contributed by atoms with van der Waals surface area (Å²) in [7, 11) is 4.02. The predicted molar refractivity (Wildman–Crippen MR) is 86.8 cm³/mol. The van der Waals surface area contributed by atoms with E-state index in [4.69, 9.17) is 5.73 Å². The average molecular weight is 294 g/mol. The Kier molecular flexibility index (Phi) is 3.84. The Balaban J connectivity index is 1.97. The van der Waals surface area contributed by atoms with Crippen LogP contribution in [0.4, 0.5) is 5.69 Å². The van der Waals surface area contributed by atoms with Crippen molar-refractivity contribution in [1.29, 1.82) is 0 Å². The Morgan fingerprint density at radius 2 is 1.68 bits per heavy atom. The van der Waals surface area contributed by atoms with Crippen molar-refractivity contribution >= 4 is 5.69 Å². The molecule has 3 aromatic rings. The second kappa shape index (κ2) is 5.95. The Morgan fingerprint density at radius 3 is 2.27 bits per heavy atom. The van der Waals surface area contributed by atoms with E-state index in [0.29, 0.717) is 12.4 Å². The van der Waals surface area contributed by atoms with Gasteiger partial charge in [-0.3, -0.25) is 0 Å². The molecule has 6 heteroatoms. The first kappa shape index (κ1) is 14.2. The molecule has 2 aromatic carbocycles. The van der Waals surface area contributed by atoms with E-state index in [0.717, 1.165) is 22.5 Å². The molecule has 0 bridgehead atoms. The summed E-state index contributed by atoms with van der Waals surface area (Å²) in [5, 5.41) is 12.0. The average Bonchev–Trinajstić information content (AvgIpc) is 3.04. The zero-order chi connectivity index (χ0) is 15.5. The summed E-state index contributed by atoms with van der Waals surface area (Å²) < 4.78 is 1.73. The lowest BCUT2D eigenvalue weighted by Gasteiger charge is -2.13. The highest BCUT2D eigenvalue weighted by Gasteiger charge is 2.10. The Labute approximate surface area is 129 Å². The van der Waals surface area contributed by atoms with E-state index in [2.05, 4.69) is 20.4 Å². The Hall–Kier alpha value is -2.73. The molecule has 0 spiro atoms. The van der Waals surface area contributed by atoms with Crippen molar-refractivity contribution in [2.75, 3.05) is 19.0 Å². The number of tetrazole rings is 1. The number of rotatable bonds is 4. The van der Waals surface area contributed by atoms with Crippen LogP contribution < -0.4 is 10.6 Å². The van der Waals surface area contributed by atoms with Gasteiger partial charge in [-0.2, -0.15) is 4.68 Å². The molecule has 0 amide bonds. The maximum Gasteiger partial charge on any atom is 0.187 e. The topological polar surface area (TPSA) is 72.9 Å². The number of anilines is 1. The monoisotopic (exact) mass is 294 g/mol. The molecule has 0 aliphatic heterocycles. The fourth-order valence-corrected chi connectivity index (χ4v) is 2.22. The second-order valence-electron chi connectivity index (χ2n) is 5.23. The van der Waals surface area contributed by atoms with Gasteiger partial charge < -0.3 is 10.6 Å². The van der Waals surface area contributed by atoms with Crippen LogP contribution in [0, 0.1) is 0 Å². The van der Waals surface area contributed by atoms with Gasteiger partial charge in [-0.1, -0.05) is 24.3 Å². The van der Waals surface area contributed by atoms with Gasteiger partial charge in [0.05, 0.1) is 5.69 Å². The van der Waals surface area contributed by atoms with Crippen LogP contribution in [0.1, 0.15) is 5.56 Å². The third-order valence-electron chi connectivity index (χ3n) is 3.53. The van der Waals surface area contributed by atoms with Crippen molar-refractivity contribution in [3.8, 4) is 17.1 Å². The molecule has 112 valence electrons. The zero-order valence-electron chi connectivity index (χ0n) is 12.6. The number of aromatic nitrogens is 4. The normalized spacial score (nSPS) is 10.7. The van der Waals surface area contributed by atoms with Gasteiger partial charge in [-0.15, -0.1) is 5.10 Å². The molecule has 2 N–H and O–H groups in total. The van der Waals surface area contributed by atoms with Gasteiger partial charge in [0.15, 0.2) is 5.82 Å². The number of benzene rings is 2. The number of hydrogen-bond donors (Lipinski definition) is 1. The van der Waals surface area contributed by atoms with E-state index in [-0.39, 0.29) is 0 Å². The molecule has 0 unspecified atom stereocenters. The number of nitrogens with zero attached hydrogens (tertiary/aromatic N) is 5. The summed E-state index contributed by atoms with van der Waals surface area (Å²) in [6.45, 7) is 0.525. The van der Waals surface area contributed by atoms with Crippen LogP contribution in [0.3, 0.4) is 0 Å². The summed E-state index contributed by atoms with van der Waals surface area (Å²) in [4.78, 5) is 2.05. The smallest absolute Gasteiger partial charge is 0.187 e. The molecular weight excluding hydrogens is 276 g/mol. The largest absolute Gasteiger partial charge is 0.378 e. The number of nitrogens with two attached hydrogens (primary N) is 1. The fourth-order valence-electron chi connectivity index (χ4n) is 2.22. The summed E-state index contributed by atoms with van der Waals surface area (Å²) in [5.74, 6) is 0.709. The molecule has 0 saturated carbocycles. The molecule has 0 fully saturated rings. The SMILES string of the molecule is CN(C)c1ccc(-n2nnnc2-c2ccc(CN)cc2)cc1. The van der Waals surface area contributed by atoms with Crippen LogP contribution >= 0.6 is 0 Å². The first-order valence-electron chi connectivity index (χ1n) is 7.04. The van der Waals surface area contributed by atoms with Crippen LogP contribution in [0.2, 0.25) is 0 Å². The van der Waals surface area contributed by atoms with Gasteiger partial charge in [0.2, 0.25) is 0 Å². The third-order valence-corrected chi connectivity index (χ3v) is 3.53. The van der Waals surface area contributed by atoms with Crippen molar-refractivity contribution in [2.45, 2.75) is 6.54 Å². The van der Waals surface area contributed by atoms with Gasteiger partial charge in [0.25, 0.3) is 0 Å². The predicted octanol–water partition coefficient (Wildman–Crippen LogP) is 1.85. The molecule has 0 radical (unpaired) electrons. The maximum absolute atomic E-state index is 5.63. The minimum atomic E-state index is 0.525. The van der Waals surface area contributed by atoms with Crippen molar-refractivity contribution < 1.29 is 0 Å². The van der Waals surface area contributed by atoms with Crippen LogP contribution in [0.5, 0.6) is 0 Å². The van der Waals surface area contributed by atoms with E-state index in [1.54, 1.807) is 4.68 Å². The van der Waals surface area contributed by atoms with Gasteiger partial charge >= 0.3 is 0 Å². The molecule has 0 saturated heterocycles. The lowest BCUT2D eigenvalue weighted by atomic mass is 10.1. The van der Waals surface area contributed by atoms with Crippen LogP contribution in [0.15, 0.2) is 48.5 Å². The molecule has 0 aliphatic rings. The highest BCUT2D eigenvalue weighted by Crippen LogP contribution is 2.21. The minimum absolute atomic E-state index is 0.525. The summed E-state index contributed by atoms with van der Waals surface area (Å²) in [5.41, 5.74) is 9.72. The summed E-state index contributed by atoms with van der Waals surface area (Å²) >= 11 is 0. The van der Waals surface area contributed by atoms with Gasteiger partial charge in [-0.25, -0.2) is 0 Å². The highest BCUT2D eigenvalue weighted by atomic mass is 15.5. The van der Waals surface area contributed by atoms with E-state index in [1.165, 1.54) is 0 Å². The molecule has 6 nitrogen and oxygen atoms in total. The minimum Gasteiger partial charge on any atom is -0.378 e. The molecule has 1 heterocycles. The molecular formula is C16H18N6. The maximum atomic E-state index is 5.63. The quantitative estimate of drug-likeness (QED) is 0.795. The highest BCUT2D eigenvalue weighted by molar-refractivity contribution is 5.59. The van der Waals surface area contributed by atoms with Crippen LogP contribution in [-0.4, -0.2) is 34.3 Å². The Morgan fingerprint density at radius 1 is 1.00 bits per heavy atom. The van der Waals surface area contributed by atoms with Crippen molar-refractivity contribution in [2.24, 2.45) is 5.73 Å². The van der Waals surface area contributed by atoms with Crippen LogP contribution in [0.25, 0.3) is 17.1 Å². The van der Waals surface area contributed by atoms with Crippen LogP contribution in [-0.2, 0) is 6.54 Å². The third kappa shape index (κ3) is 2.68. The van der Waals surface area contributed by atoms with Gasteiger partial charge in [-0.05, 0) is 40.3 Å². The van der Waals surface area contributed by atoms with Gasteiger partial charge in [0.1, 0.15) is 0 Å². The van der Waals surface area contributed by atoms with Crippen molar-refractivity contribution in [3.05, 3.63) is 54.1 Å². The summed E-state index contributed by atoms with van der Waals surface area (Å²) in [6, 6.07) is 16.0. The molecule has 0 atom stereocenters. The molecule has 22 heavy (non-hydrogen) atoms. The first-order chi connectivity index (χ1) is 10.7. The van der Waals surface area contributed by atoms with Crippen molar-refractivity contribution in [3.63, 3.8) is 0 Å². The molecule has 1 aromatic heterocycles. The lowest BCUT2D eigenvalue weighted by molar-refractivity contribution is 0.791. The van der Waals surface area contributed by atoms with E-state index in [9.17, 15) is 0 Å². The molecule has 3 rings (SSSR count). The van der Waals surface area contributed by atoms with Crippen molar-refractivity contribution in [1.82, 2.24) is 20.2 Å². The fraction of sp³-hybridized carbons (Fsp3) is 0.188. The second-order valence-corrected chi connectivity index (χ2v) is 5.23. The number of hydrogen-bond acceptors (Lipinski definition) is 5. The summed E-state index contributed by atoms with van der Waals surface area (Å²) in [6.07, 6.45) is 0. The lowest BCUT2D eigenvalue weighted by Crippen LogP contribution is -2.08. The standard InChI is InChI=1S/C16H18N6/c1-21(2)14-7-9-15(10-8-14)22-16(18-19-20-22)13-5-3-12(11-17)4-6-13/h3-10H,11,17H2,1-2H3. The first-order valence-corrected chi connectivity index (χ1v) is 7.04. The van der Waals surface area contributed by atoms with E-state index < -0.39 is 0 Å². The van der Waals surface area contributed by atoms with E-state index in [1.807, 2.05) is 62.6 Å². The van der Waals surface area contributed by atoms with E-state index >= 15 is 0 Å². The zero-order valence-corrected chi connectivity index (χ0v) is 12.6. The van der Waals surface area contributed by atoms with Gasteiger partial charge in [0, 0.05) is 31.9 Å².